The number of aromatic nitrogens is 2. The summed E-state index contributed by atoms with van der Waals surface area (Å²) in [5.74, 6) is 0.256. The van der Waals surface area contributed by atoms with Crippen molar-refractivity contribution in [1.82, 2.24) is 14.9 Å². The minimum absolute atomic E-state index is 0.0665. The van der Waals surface area contributed by atoms with Gasteiger partial charge in [-0.25, -0.2) is 4.98 Å². The summed E-state index contributed by atoms with van der Waals surface area (Å²) in [6, 6.07) is 0. The number of hydrogen-bond donors (Lipinski definition) is 2. The number of nitrogens with zero attached hydrogens (tertiary/aromatic N) is 2. The smallest absolute Gasteiger partial charge is 0.262 e. The van der Waals surface area contributed by atoms with Gasteiger partial charge >= 0.3 is 0 Å². The van der Waals surface area contributed by atoms with Crippen LogP contribution in [0.4, 0.5) is 0 Å². The molecule has 2 N–H and O–H groups in total. The average molecular weight is 277 g/mol. The molecule has 0 aliphatic carbocycles. The van der Waals surface area contributed by atoms with Crippen LogP contribution in [-0.2, 0) is 0 Å². The second-order valence-electron chi connectivity index (χ2n) is 5.03. The maximum atomic E-state index is 12.6. The Balaban J connectivity index is 2.04. The lowest BCUT2D eigenvalue weighted by Crippen LogP contribution is -2.30. The largest absolute Gasteiger partial charge is 0.442 e. The molecular weight excluding hydrogens is 262 g/mol. The van der Waals surface area contributed by atoms with Gasteiger partial charge in [-0.1, -0.05) is 0 Å². The molecule has 0 bridgehead atoms. The van der Waals surface area contributed by atoms with E-state index in [0.29, 0.717) is 18.8 Å². The van der Waals surface area contributed by atoms with Gasteiger partial charge in [-0.15, -0.1) is 0 Å². The van der Waals surface area contributed by atoms with Crippen molar-refractivity contribution < 1.29 is 14.3 Å². The van der Waals surface area contributed by atoms with Crippen LogP contribution in [0.1, 0.15) is 22.5 Å². The van der Waals surface area contributed by atoms with E-state index in [4.69, 9.17) is 9.52 Å². The van der Waals surface area contributed by atoms with E-state index >= 15 is 0 Å². The molecular formula is C13H15N3O4. The number of likely N-dealkylation sites (tertiary alicyclic amines) is 1. The summed E-state index contributed by atoms with van der Waals surface area (Å²) in [6.45, 7) is 2.79. The van der Waals surface area contributed by atoms with Gasteiger partial charge in [0.15, 0.2) is 0 Å². The normalized spacial score (nSPS) is 18.9. The Labute approximate surface area is 114 Å². The second-order valence-corrected chi connectivity index (χ2v) is 5.03. The monoisotopic (exact) mass is 277 g/mol. The Morgan fingerprint density at radius 1 is 1.65 bits per heavy atom. The van der Waals surface area contributed by atoms with Gasteiger partial charge < -0.3 is 19.4 Å². The van der Waals surface area contributed by atoms with E-state index in [1.54, 1.807) is 11.8 Å². The molecule has 7 heteroatoms. The highest BCUT2D eigenvalue weighted by molar-refractivity contribution is 6.06. The third-order valence-electron chi connectivity index (χ3n) is 3.72. The SMILES string of the molecule is Cc1oc2nc[nH]c(=O)c2c1C(=O)N1CCC(CO)C1. The minimum Gasteiger partial charge on any atom is -0.442 e. The standard InChI is InChI=1S/C13H15N3O4/c1-7-9(10-11(18)14-6-15-12(10)20-7)13(19)16-3-2-8(4-16)5-17/h6,8,17H,2-5H2,1H3,(H,14,15,18). The third-order valence-corrected chi connectivity index (χ3v) is 3.72. The summed E-state index contributed by atoms with van der Waals surface area (Å²) in [4.78, 5) is 32.5. The Morgan fingerprint density at radius 3 is 3.15 bits per heavy atom. The van der Waals surface area contributed by atoms with Crippen LogP contribution in [0.15, 0.2) is 15.5 Å². The first kappa shape index (κ1) is 12.9. The number of carbonyl (C=O) groups is 1. The zero-order valence-corrected chi connectivity index (χ0v) is 11.0. The van der Waals surface area contributed by atoms with Crippen molar-refractivity contribution in [2.75, 3.05) is 19.7 Å². The molecule has 20 heavy (non-hydrogen) atoms. The van der Waals surface area contributed by atoms with E-state index in [9.17, 15) is 9.59 Å². The van der Waals surface area contributed by atoms with Crippen molar-refractivity contribution in [3.63, 3.8) is 0 Å². The number of H-pyrrole nitrogens is 1. The number of fused-ring (bicyclic) bond motifs is 1. The van der Waals surface area contributed by atoms with Gasteiger partial charge in [0.1, 0.15) is 11.1 Å². The lowest BCUT2D eigenvalue weighted by Gasteiger charge is -2.15. The lowest BCUT2D eigenvalue weighted by atomic mass is 10.1. The van der Waals surface area contributed by atoms with Crippen molar-refractivity contribution in [1.29, 1.82) is 0 Å². The molecule has 3 rings (SSSR count). The van der Waals surface area contributed by atoms with Gasteiger partial charge in [0.2, 0.25) is 5.71 Å². The predicted molar refractivity (Wildman–Crippen MR) is 70.5 cm³/mol. The van der Waals surface area contributed by atoms with Crippen LogP contribution in [0.2, 0.25) is 0 Å². The Kier molecular flexibility index (Phi) is 3.06. The first-order valence-corrected chi connectivity index (χ1v) is 6.48. The number of nitrogens with one attached hydrogen (secondary N) is 1. The van der Waals surface area contributed by atoms with Gasteiger partial charge in [-0.2, -0.15) is 0 Å². The van der Waals surface area contributed by atoms with Crippen LogP contribution in [-0.4, -0.2) is 45.6 Å². The highest BCUT2D eigenvalue weighted by Gasteiger charge is 2.30. The summed E-state index contributed by atoms with van der Waals surface area (Å²) in [5.41, 5.74) is 0.0635. The van der Waals surface area contributed by atoms with Crippen molar-refractivity contribution in [3.05, 3.63) is 28.0 Å². The van der Waals surface area contributed by atoms with Crippen LogP contribution < -0.4 is 5.56 Å². The maximum absolute atomic E-state index is 12.6. The molecule has 2 aromatic heterocycles. The van der Waals surface area contributed by atoms with E-state index < -0.39 is 0 Å². The van der Waals surface area contributed by atoms with E-state index in [1.807, 2.05) is 0 Å². The molecule has 1 unspecified atom stereocenters. The predicted octanol–water partition coefficient (Wildman–Crippen LogP) is 0.279. The number of aryl methyl sites for hydroxylation is 1. The van der Waals surface area contributed by atoms with Gasteiger partial charge in [-0.3, -0.25) is 9.59 Å². The molecule has 1 aliphatic heterocycles. The van der Waals surface area contributed by atoms with Gasteiger partial charge in [0, 0.05) is 25.6 Å². The number of hydrogen-bond acceptors (Lipinski definition) is 5. The van der Waals surface area contributed by atoms with Crippen LogP contribution >= 0.6 is 0 Å². The summed E-state index contributed by atoms with van der Waals surface area (Å²) in [7, 11) is 0. The highest BCUT2D eigenvalue weighted by Crippen LogP contribution is 2.25. The zero-order valence-electron chi connectivity index (χ0n) is 11.0. The third kappa shape index (κ3) is 1.90. The Morgan fingerprint density at radius 2 is 2.45 bits per heavy atom. The van der Waals surface area contributed by atoms with E-state index in [1.165, 1.54) is 6.33 Å². The molecule has 2 aromatic rings. The van der Waals surface area contributed by atoms with Crippen LogP contribution in [0.3, 0.4) is 0 Å². The van der Waals surface area contributed by atoms with Crippen LogP contribution in [0, 0.1) is 12.8 Å². The number of aliphatic hydroxyl groups is 1. The maximum Gasteiger partial charge on any atom is 0.262 e. The molecule has 0 radical (unpaired) electrons. The van der Waals surface area contributed by atoms with Crippen molar-refractivity contribution in [3.8, 4) is 0 Å². The molecule has 1 amide bonds. The number of aliphatic hydroxyl groups excluding tert-OH is 1. The molecule has 7 nitrogen and oxygen atoms in total. The van der Waals surface area contributed by atoms with Crippen molar-refractivity contribution in [2.24, 2.45) is 5.92 Å². The minimum atomic E-state index is -0.381. The topological polar surface area (TPSA) is 99.4 Å². The molecule has 106 valence electrons. The molecule has 0 spiro atoms. The fourth-order valence-electron chi connectivity index (χ4n) is 2.64. The first-order valence-electron chi connectivity index (χ1n) is 6.48. The highest BCUT2D eigenvalue weighted by atomic mass is 16.3. The van der Waals surface area contributed by atoms with E-state index in [2.05, 4.69) is 9.97 Å². The van der Waals surface area contributed by atoms with E-state index in [-0.39, 0.29) is 40.7 Å². The van der Waals surface area contributed by atoms with Gasteiger partial charge in [0.05, 0.1) is 11.9 Å². The molecule has 0 saturated carbocycles. The number of furan rings is 1. The number of aromatic amines is 1. The zero-order chi connectivity index (χ0) is 14.3. The summed E-state index contributed by atoms with van der Waals surface area (Å²) in [6.07, 6.45) is 2.02. The number of carbonyl (C=O) groups excluding carboxylic acids is 1. The summed E-state index contributed by atoms with van der Waals surface area (Å²) in [5, 5.41) is 9.34. The average Bonchev–Trinajstić information content (AvgIpc) is 3.02. The van der Waals surface area contributed by atoms with Crippen LogP contribution in [0.5, 0.6) is 0 Å². The first-order chi connectivity index (χ1) is 9.61. The molecule has 1 saturated heterocycles. The molecule has 1 fully saturated rings. The van der Waals surface area contributed by atoms with Gasteiger partial charge in [0.25, 0.3) is 11.5 Å². The molecule has 1 atom stereocenters. The van der Waals surface area contributed by atoms with Crippen molar-refractivity contribution >= 4 is 17.0 Å². The quantitative estimate of drug-likeness (QED) is 0.821. The number of amides is 1. The van der Waals surface area contributed by atoms with Crippen molar-refractivity contribution in [2.45, 2.75) is 13.3 Å². The Bertz CT molecular complexity index is 718. The fourth-order valence-corrected chi connectivity index (χ4v) is 2.64. The number of rotatable bonds is 2. The fraction of sp³-hybridized carbons (Fsp3) is 0.462. The molecule has 3 heterocycles. The Hall–Kier alpha value is -2.15. The lowest BCUT2D eigenvalue weighted by molar-refractivity contribution is 0.0781. The van der Waals surface area contributed by atoms with Crippen LogP contribution in [0.25, 0.3) is 11.1 Å². The second kappa shape index (κ2) is 4.75. The van der Waals surface area contributed by atoms with Gasteiger partial charge in [-0.05, 0) is 13.3 Å². The molecule has 1 aliphatic rings. The van der Waals surface area contributed by atoms with E-state index in [0.717, 1.165) is 6.42 Å². The molecule has 0 aromatic carbocycles. The summed E-state index contributed by atoms with van der Waals surface area (Å²) < 4.78 is 5.39. The summed E-state index contributed by atoms with van der Waals surface area (Å²) >= 11 is 0.